The average molecular weight is 253 g/mol. The van der Waals surface area contributed by atoms with Crippen LogP contribution >= 0.6 is 11.6 Å². The molecule has 3 nitrogen and oxygen atoms in total. The van der Waals surface area contributed by atoms with E-state index in [-0.39, 0.29) is 0 Å². The van der Waals surface area contributed by atoms with E-state index in [0.29, 0.717) is 30.1 Å². The number of rotatable bonds is 6. The van der Waals surface area contributed by atoms with Gasteiger partial charge in [0.1, 0.15) is 6.61 Å². The molecule has 1 aromatic heterocycles. The van der Waals surface area contributed by atoms with E-state index >= 15 is 0 Å². The van der Waals surface area contributed by atoms with Gasteiger partial charge in [-0.15, -0.1) is 0 Å². The normalized spacial score (nSPS) is 15.4. The molecule has 1 aliphatic rings. The van der Waals surface area contributed by atoms with Crippen LogP contribution in [0, 0.1) is 0 Å². The standard InChI is InChI=1S/C13H17ClN2O/c1-2-3-8-17-13-7-6-11(14)12(16-13)9-15-10-4-5-10/h2-3,6-7,10,15H,4-5,8-9H2,1H3. The maximum atomic E-state index is 6.09. The Bertz CT molecular complexity index is 402. The Morgan fingerprint density at radius 3 is 3.06 bits per heavy atom. The summed E-state index contributed by atoms with van der Waals surface area (Å²) in [5.74, 6) is 0.625. The van der Waals surface area contributed by atoms with Gasteiger partial charge in [-0.2, -0.15) is 0 Å². The first-order valence-electron chi connectivity index (χ1n) is 5.92. The fourth-order valence-electron chi connectivity index (χ4n) is 1.43. The second-order valence-electron chi connectivity index (χ2n) is 4.11. The highest BCUT2D eigenvalue weighted by Crippen LogP contribution is 2.22. The lowest BCUT2D eigenvalue weighted by Gasteiger charge is -2.08. The molecule has 0 unspecified atom stereocenters. The molecule has 1 heterocycles. The van der Waals surface area contributed by atoms with Crippen LogP contribution in [0.4, 0.5) is 0 Å². The van der Waals surface area contributed by atoms with E-state index in [1.807, 2.05) is 25.1 Å². The molecule has 0 amide bonds. The predicted molar refractivity (Wildman–Crippen MR) is 69.4 cm³/mol. The minimum atomic E-state index is 0.542. The molecular weight excluding hydrogens is 236 g/mol. The predicted octanol–water partition coefficient (Wildman–Crippen LogP) is 2.94. The van der Waals surface area contributed by atoms with Gasteiger partial charge in [0.2, 0.25) is 5.88 Å². The van der Waals surface area contributed by atoms with Crippen LogP contribution in [0.25, 0.3) is 0 Å². The molecule has 0 saturated heterocycles. The van der Waals surface area contributed by atoms with Crippen molar-refractivity contribution in [3.05, 3.63) is 35.0 Å². The molecule has 0 aliphatic heterocycles. The lowest BCUT2D eigenvalue weighted by Crippen LogP contribution is -2.16. The van der Waals surface area contributed by atoms with Crippen molar-refractivity contribution >= 4 is 11.6 Å². The van der Waals surface area contributed by atoms with Crippen molar-refractivity contribution in [1.82, 2.24) is 10.3 Å². The molecule has 17 heavy (non-hydrogen) atoms. The Morgan fingerprint density at radius 1 is 1.53 bits per heavy atom. The summed E-state index contributed by atoms with van der Waals surface area (Å²) >= 11 is 6.09. The van der Waals surface area contributed by atoms with Crippen molar-refractivity contribution in [2.24, 2.45) is 0 Å². The number of halogens is 1. The molecule has 2 rings (SSSR count). The van der Waals surface area contributed by atoms with Gasteiger partial charge in [-0.05, 0) is 25.8 Å². The highest BCUT2D eigenvalue weighted by atomic mass is 35.5. The maximum absolute atomic E-state index is 6.09. The van der Waals surface area contributed by atoms with Gasteiger partial charge < -0.3 is 10.1 Å². The summed E-state index contributed by atoms with van der Waals surface area (Å²) in [6.07, 6.45) is 6.41. The topological polar surface area (TPSA) is 34.1 Å². The second kappa shape index (κ2) is 6.03. The zero-order valence-electron chi connectivity index (χ0n) is 9.95. The van der Waals surface area contributed by atoms with E-state index in [0.717, 1.165) is 5.69 Å². The van der Waals surface area contributed by atoms with Gasteiger partial charge in [0, 0.05) is 18.7 Å². The number of hydrogen-bond donors (Lipinski definition) is 1. The Balaban J connectivity index is 1.94. The van der Waals surface area contributed by atoms with Crippen molar-refractivity contribution in [2.45, 2.75) is 32.4 Å². The summed E-state index contributed by atoms with van der Waals surface area (Å²) in [5.41, 5.74) is 0.858. The smallest absolute Gasteiger partial charge is 0.213 e. The van der Waals surface area contributed by atoms with E-state index in [2.05, 4.69) is 10.3 Å². The van der Waals surface area contributed by atoms with Crippen LogP contribution < -0.4 is 10.1 Å². The molecule has 0 spiro atoms. The lowest BCUT2D eigenvalue weighted by atomic mass is 10.3. The van der Waals surface area contributed by atoms with E-state index in [9.17, 15) is 0 Å². The maximum Gasteiger partial charge on any atom is 0.213 e. The highest BCUT2D eigenvalue weighted by Gasteiger charge is 2.20. The second-order valence-corrected chi connectivity index (χ2v) is 4.52. The molecule has 1 saturated carbocycles. The minimum Gasteiger partial charge on any atom is -0.473 e. The highest BCUT2D eigenvalue weighted by molar-refractivity contribution is 6.31. The van der Waals surface area contributed by atoms with E-state index in [1.165, 1.54) is 12.8 Å². The molecule has 92 valence electrons. The molecule has 4 heteroatoms. The number of hydrogen-bond acceptors (Lipinski definition) is 3. The Kier molecular flexibility index (Phi) is 4.40. The van der Waals surface area contributed by atoms with Gasteiger partial charge in [0.05, 0.1) is 10.7 Å². The summed E-state index contributed by atoms with van der Waals surface area (Å²) in [4.78, 5) is 4.39. The Hall–Kier alpha value is -1.06. The lowest BCUT2D eigenvalue weighted by molar-refractivity contribution is 0.346. The molecule has 0 bridgehead atoms. The summed E-state index contributed by atoms with van der Waals surface area (Å²) in [7, 11) is 0. The van der Waals surface area contributed by atoms with Crippen LogP contribution in [-0.4, -0.2) is 17.6 Å². The fraction of sp³-hybridized carbons (Fsp3) is 0.462. The molecule has 1 fully saturated rings. The number of nitrogens with one attached hydrogen (secondary N) is 1. The zero-order chi connectivity index (χ0) is 12.1. The van der Waals surface area contributed by atoms with Gasteiger partial charge in [0.25, 0.3) is 0 Å². The molecule has 1 N–H and O–H groups in total. The van der Waals surface area contributed by atoms with Crippen molar-refractivity contribution in [3.63, 3.8) is 0 Å². The quantitative estimate of drug-likeness (QED) is 0.791. The third-order valence-corrected chi connectivity index (χ3v) is 2.94. The summed E-state index contributed by atoms with van der Waals surface area (Å²) in [6.45, 7) is 3.22. The largest absolute Gasteiger partial charge is 0.473 e. The van der Waals surface area contributed by atoms with Gasteiger partial charge in [-0.1, -0.05) is 23.8 Å². The van der Waals surface area contributed by atoms with Gasteiger partial charge in [-0.3, -0.25) is 0 Å². The third-order valence-electron chi connectivity index (χ3n) is 2.59. The summed E-state index contributed by atoms with van der Waals surface area (Å²) < 4.78 is 5.48. The van der Waals surface area contributed by atoms with Crippen molar-refractivity contribution in [2.75, 3.05) is 6.61 Å². The van der Waals surface area contributed by atoms with Crippen molar-refractivity contribution in [1.29, 1.82) is 0 Å². The first kappa shape index (κ1) is 12.4. The van der Waals surface area contributed by atoms with E-state index < -0.39 is 0 Å². The average Bonchev–Trinajstić information content (AvgIpc) is 3.14. The first-order valence-corrected chi connectivity index (χ1v) is 6.30. The molecular formula is C13H17ClN2O. The third kappa shape index (κ3) is 4.02. The monoisotopic (exact) mass is 252 g/mol. The van der Waals surface area contributed by atoms with Crippen LogP contribution in [0.2, 0.25) is 5.02 Å². The van der Waals surface area contributed by atoms with Gasteiger partial charge in [0.15, 0.2) is 0 Å². The van der Waals surface area contributed by atoms with Crippen LogP contribution in [0.3, 0.4) is 0 Å². The Labute approximate surface area is 107 Å². The van der Waals surface area contributed by atoms with Crippen LogP contribution in [0.5, 0.6) is 5.88 Å². The summed E-state index contributed by atoms with van der Waals surface area (Å²) in [5, 5.41) is 4.08. The molecule has 0 atom stereocenters. The van der Waals surface area contributed by atoms with Crippen molar-refractivity contribution in [3.8, 4) is 5.88 Å². The Morgan fingerprint density at radius 2 is 2.35 bits per heavy atom. The number of aromatic nitrogens is 1. The minimum absolute atomic E-state index is 0.542. The van der Waals surface area contributed by atoms with Crippen molar-refractivity contribution < 1.29 is 4.74 Å². The number of ether oxygens (including phenoxy) is 1. The molecule has 1 aromatic rings. The van der Waals surface area contributed by atoms with E-state index in [4.69, 9.17) is 16.3 Å². The van der Waals surface area contributed by atoms with Crippen LogP contribution in [0.15, 0.2) is 24.3 Å². The van der Waals surface area contributed by atoms with Gasteiger partial charge >= 0.3 is 0 Å². The van der Waals surface area contributed by atoms with E-state index in [1.54, 1.807) is 6.07 Å². The zero-order valence-corrected chi connectivity index (χ0v) is 10.7. The summed E-state index contributed by atoms with van der Waals surface area (Å²) in [6, 6.07) is 4.29. The SMILES string of the molecule is CC=CCOc1ccc(Cl)c(CNC2CC2)n1. The molecule has 1 aliphatic carbocycles. The van der Waals surface area contributed by atoms with Crippen LogP contribution in [-0.2, 0) is 6.54 Å². The number of nitrogens with zero attached hydrogens (tertiary/aromatic N) is 1. The molecule has 0 radical (unpaired) electrons. The number of allylic oxidation sites excluding steroid dienone is 1. The fourth-order valence-corrected chi connectivity index (χ4v) is 1.60. The number of pyridine rings is 1. The first-order chi connectivity index (χ1) is 8.29. The van der Waals surface area contributed by atoms with Gasteiger partial charge in [-0.25, -0.2) is 4.98 Å². The molecule has 0 aromatic carbocycles. The van der Waals surface area contributed by atoms with Crippen LogP contribution in [0.1, 0.15) is 25.5 Å².